The van der Waals surface area contributed by atoms with Crippen molar-refractivity contribution >= 4 is 11.6 Å². The summed E-state index contributed by atoms with van der Waals surface area (Å²) in [5.74, 6) is 0.511. The van der Waals surface area contributed by atoms with Crippen molar-refractivity contribution in [1.29, 1.82) is 0 Å². The lowest BCUT2D eigenvalue weighted by atomic mass is 9.89. The van der Waals surface area contributed by atoms with Crippen molar-refractivity contribution in [2.75, 3.05) is 0 Å². The second kappa shape index (κ2) is 6.53. The smallest absolute Gasteiger partial charge is 0.309 e. The summed E-state index contributed by atoms with van der Waals surface area (Å²) in [5.41, 5.74) is -0.319. The van der Waals surface area contributed by atoms with Crippen LogP contribution in [0.5, 0.6) is 0 Å². The molecule has 3 rings (SSSR count). The quantitative estimate of drug-likeness (QED) is 0.815. The Balaban J connectivity index is 1.89. The SMILES string of the molecule is O=c1c(=O)n(-c2ccc(Cl)cc2)ccn1CC1CCCCC1. The molecule has 0 bridgehead atoms. The van der Waals surface area contributed by atoms with Crippen molar-refractivity contribution in [2.24, 2.45) is 5.92 Å². The van der Waals surface area contributed by atoms with Gasteiger partial charge in [0, 0.05) is 29.6 Å². The molecule has 1 aliphatic rings. The minimum atomic E-state index is -0.513. The van der Waals surface area contributed by atoms with Crippen LogP contribution < -0.4 is 11.1 Å². The molecule has 1 aliphatic carbocycles. The number of hydrogen-bond donors (Lipinski definition) is 0. The lowest BCUT2D eigenvalue weighted by molar-refractivity contribution is 0.315. The first-order valence-electron chi connectivity index (χ1n) is 7.73. The van der Waals surface area contributed by atoms with E-state index in [-0.39, 0.29) is 0 Å². The molecule has 0 radical (unpaired) electrons. The third-order valence-corrected chi connectivity index (χ3v) is 4.59. The third kappa shape index (κ3) is 3.17. The maximum absolute atomic E-state index is 12.3. The highest BCUT2D eigenvalue weighted by atomic mass is 35.5. The fourth-order valence-corrected chi connectivity index (χ4v) is 3.23. The Kier molecular flexibility index (Phi) is 4.48. The Bertz CT molecular complexity index is 755. The Morgan fingerprint density at radius 1 is 0.955 bits per heavy atom. The molecule has 22 heavy (non-hydrogen) atoms. The van der Waals surface area contributed by atoms with E-state index in [0.29, 0.717) is 23.2 Å². The zero-order chi connectivity index (χ0) is 15.5. The molecule has 2 aromatic rings. The van der Waals surface area contributed by atoms with Crippen LogP contribution in [0.4, 0.5) is 0 Å². The van der Waals surface area contributed by atoms with Gasteiger partial charge in [-0.25, -0.2) is 0 Å². The molecule has 5 heteroatoms. The van der Waals surface area contributed by atoms with Gasteiger partial charge < -0.3 is 4.57 Å². The van der Waals surface area contributed by atoms with Crippen LogP contribution in [0.15, 0.2) is 46.2 Å². The van der Waals surface area contributed by atoms with Crippen LogP contribution in [0.1, 0.15) is 32.1 Å². The molecule has 0 N–H and O–H groups in total. The molecular formula is C17H19ClN2O2. The summed E-state index contributed by atoms with van der Waals surface area (Å²) < 4.78 is 2.93. The Morgan fingerprint density at radius 3 is 2.32 bits per heavy atom. The molecule has 0 aliphatic heterocycles. The minimum absolute atomic E-state index is 0.456. The van der Waals surface area contributed by atoms with Crippen molar-refractivity contribution in [2.45, 2.75) is 38.6 Å². The normalized spacial score (nSPS) is 15.9. The van der Waals surface area contributed by atoms with Crippen molar-refractivity contribution < 1.29 is 0 Å². The molecule has 0 unspecified atom stereocenters. The van der Waals surface area contributed by atoms with Gasteiger partial charge in [-0.3, -0.25) is 14.2 Å². The summed E-state index contributed by atoms with van der Waals surface area (Å²) in [4.78, 5) is 24.6. The van der Waals surface area contributed by atoms with E-state index >= 15 is 0 Å². The molecule has 0 atom stereocenters. The molecule has 1 saturated carbocycles. The third-order valence-electron chi connectivity index (χ3n) is 4.34. The van der Waals surface area contributed by atoms with Gasteiger partial charge in [-0.15, -0.1) is 0 Å². The molecule has 0 amide bonds. The van der Waals surface area contributed by atoms with Gasteiger partial charge in [0.05, 0.1) is 0 Å². The molecule has 1 fully saturated rings. The van der Waals surface area contributed by atoms with Gasteiger partial charge in [-0.1, -0.05) is 30.9 Å². The van der Waals surface area contributed by atoms with E-state index in [1.54, 1.807) is 41.2 Å². The molecule has 116 valence electrons. The average molecular weight is 319 g/mol. The van der Waals surface area contributed by atoms with Gasteiger partial charge in [-0.2, -0.15) is 0 Å². The summed E-state index contributed by atoms with van der Waals surface area (Å²) >= 11 is 5.85. The van der Waals surface area contributed by atoms with Crippen LogP contribution in [0, 0.1) is 5.92 Å². The highest BCUT2D eigenvalue weighted by Gasteiger charge is 2.15. The maximum atomic E-state index is 12.3. The minimum Gasteiger partial charge on any atom is -0.309 e. The average Bonchev–Trinajstić information content (AvgIpc) is 2.54. The van der Waals surface area contributed by atoms with E-state index < -0.39 is 11.1 Å². The molecule has 0 spiro atoms. The van der Waals surface area contributed by atoms with Gasteiger partial charge in [-0.05, 0) is 43.0 Å². The van der Waals surface area contributed by atoms with E-state index in [4.69, 9.17) is 11.6 Å². The van der Waals surface area contributed by atoms with Gasteiger partial charge >= 0.3 is 11.1 Å². The number of halogens is 1. The highest BCUT2D eigenvalue weighted by Crippen LogP contribution is 2.24. The summed E-state index contributed by atoms with van der Waals surface area (Å²) in [6, 6.07) is 6.87. The van der Waals surface area contributed by atoms with Crippen molar-refractivity contribution in [3.05, 3.63) is 62.4 Å². The molecule has 1 heterocycles. The Morgan fingerprint density at radius 2 is 1.64 bits per heavy atom. The lowest BCUT2D eigenvalue weighted by Crippen LogP contribution is -2.41. The van der Waals surface area contributed by atoms with Crippen LogP contribution in [0.25, 0.3) is 5.69 Å². The predicted molar refractivity (Wildman–Crippen MR) is 87.9 cm³/mol. The number of hydrogen-bond acceptors (Lipinski definition) is 2. The highest BCUT2D eigenvalue weighted by molar-refractivity contribution is 6.30. The lowest BCUT2D eigenvalue weighted by Gasteiger charge is -2.22. The summed E-state index contributed by atoms with van der Waals surface area (Å²) in [6.07, 6.45) is 9.40. The first-order valence-corrected chi connectivity index (χ1v) is 8.11. The van der Waals surface area contributed by atoms with Crippen molar-refractivity contribution in [3.63, 3.8) is 0 Å². The fraction of sp³-hybridized carbons (Fsp3) is 0.412. The largest absolute Gasteiger partial charge is 0.320 e. The monoisotopic (exact) mass is 318 g/mol. The molecule has 0 saturated heterocycles. The van der Waals surface area contributed by atoms with Gasteiger partial charge in [0.2, 0.25) is 0 Å². The zero-order valence-electron chi connectivity index (χ0n) is 12.4. The van der Waals surface area contributed by atoms with E-state index in [1.807, 2.05) is 0 Å². The number of benzene rings is 1. The Hall–Kier alpha value is -1.81. The predicted octanol–water partition coefficient (Wildman–Crippen LogP) is 3.23. The molecule has 1 aromatic heterocycles. The standard InChI is InChI=1S/C17H19ClN2O2/c18-14-6-8-15(9-7-14)20-11-10-19(16(21)17(20)22)12-13-4-2-1-3-5-13/h6-11,13H,1-5,12H2. The second-order valence-corrected chi connectivity index (χ2v) is 6.35. The van der Waals surface area contributed by atoms with Crippen molar-refractivity contribution in [1.82, 2.24) is 9.13 Å². The number of rotatable bonds is 3. The number of aromatic nitrogens is 2. The van der Waals surface area contributed by atoms with E-state index in [1.165, 1.54) is 23.8 Å². The topological polar surface area (TPSA) is 44.0 Å². The van der Waals surface area contributed by atoms with E-state index in [2.05, 4.69) is 0 Å². The second-order valence-electron chi connectivity index (χ2n) is 5.91. The summed E-state index contributed by atoms with van der Waals surface area (Å²) in [5, 5.41) is 0.599. The molecule has 1 aromatic carbocycles. The first kappa shape index (κ1) is 15.1. The van der Waals surface area contributed by atoms with Crippen LogP contribution in [-0.4, -0.2) is 9.13 Å². The van der Waals surface area contributed by atoms with Crippen LogP contribution in [0.3, 0.4) is 0 Å². The molecule has 4 nitrogen and oxygen atoms in total. The van der Waals surface area contributed by atoms with Gasteiger partial charge in [0.15, 0.2) is 0 Å². The van der Waals surface area contributed by atoms with Gasteiger partial charge in [0.1, 0.15) is 0 Å². The van der Waals surface area contributed by atoms with Crippen LogP contribution >= 0.6 is 11.6 Å². The summed E-state index contributed by atoms with van der Waals surface area (Å²) in [6.45, 7) is 0.648. The van der Waals surface area contributed by atoms with Gasteiger partial charge in [0.25, 0.3) is 0 Å². The van der Waals surface area contributed by atoms with E-state index in [9.17, 15) is 9.59 Å². The van der Waals surface area contributed by atoms with Crippen LogP contribution in [-0.2, 0) is 6.54 Å². The first-order chi connectivity index (χ1) is 10.6. The molecular weight excluding hydrogens is 300 g/mol. The zero-order valence-corrected chi connectivity index (χ0v) is 13.1. The summed E-state index contributed by atoms with van der Waals surface area (Å²) in [7, 11) is 0. The maximum Gasteiger partial charge on any atom is 0.320 e. The van der Waals surface area contributed by atoms with E-state index in [0.717, 1.165) is 12.8 Å². The Labute approximate surface area is 134 Å². The number of nitrogens with zero attached hydrogens (tertiary/aromatic N) is 2. The fourth-order valence-electron chi connectivity index (χ4n) is 3.11. The van der Waals surface area contributed by atoms with Crippen molar-refractivity contribution in [3.8, 4) is 5.69 Å². The van der Waals surface area contributed by atoms with Crippen LogP contribution in [0.2, 0.25) is 5.02 Å².